The van der Waals surface area contributed by atoms with Gasteiger partial charge in [-0.2, -0.15) is 0 Å². The van der Waals surface area contributed by atoms with E-state index in [2.05, 4.69) is 30.9 Å². The van der Waals surface area contributed by atoms with Gasteiger partial charge in [-0.1, -0.05) is 32.0 Å². The number of anilines is 1. The molecular weight excluding hydrogens is 398 g/mol. The molecule has 0 aromatic heterocycles. The number of para-hydroxylation sites is 1. The maximum Gasteiger partial charge on any atom is 0.312 e. The number of hydrogen-bond donors (Lipinski definition) is 0. The summed E-state index contributed by atoms with van der Waals surface area (Å²) in [5.41, 5.74) is 2.50. The molecular formula is C25H30ClNO3. The van der Waals surface area contributed by atoms with Crippen LogP contribution in [-0.2, 0) is 19.7 Å². The van der Waals surface area contributed by atoms with Gasteiger partial charge in [-0.3, -0.25) is 9.59 Å². The van der Waals surface area contributed by atoms with E-state index in [1.807, 2.05) is 19.2 Å². The van der Waals surface area contributed by atoms with Gasteiger partial charge in [-0.05, 0) is 62.0 Å². The molecule has 2 unspecified atom stereocenters. The molecule has 1 aromatic rings. The van der Waals surface area contributed by atoms with Crippen LogP contribution in [0.5, 0.6) is 0 Å². The topological polar surface area (TPSA) is 46.6 Å². The molecule has 1 aliphatic heterocycles. The molecule has 2 atom stereocenters. The highest BCUT2D eigenvalue weighted by Gasteiger charge is 2.60. The van der Waals surface area contributed by atoms with Crippen LogP contribution in [0.1, 0.15) is 57.9 Å². The fourth-order valence-electron chi connectivity index (χ4n) is 7.13. The Morgan fingerprint density at radius 2 is 1.83 bits per heavy atom. The molecule has 4 bridgehead atoms. The largest absolute Gasteiger partial charge is 0.457 e. The molecule has 5 aliphatic rings. The number of rotatable bonds is 4. The molecule has 0 radical (unpaired) electrons. The number of esters is 1. The van der Waals surface area contributed by atoms with Crippen molar-refractivity contribution in [2.24, 2.45) is 17.3 Å². The molecule has 0 N–H and O–H groups in total. The van der Waals surface area contributed by atoms with Gasteiger partial charge in [-0.15, -0.1) is 11.6 Å². The van der Waals surface area contributed by atoms with E-state index in [1.165, 1.54) is 12.0 Å². The van der Waals surface area contributed by atoms with Crippen LogP contribution in [-0.4, -0.2) is 30.3 Å². The fourth-order valence-corrected chi connectivity index (χ4v) is 7.82. The van der Waals surface area contributed by atoms with E-state index in [-0.39, 0.29) is 28.6 Å². The summed E-state index contributed by atoms with van der Waals surface area (Å²) in [6, 6.07) is 8.20. The van der Waals surface area contributed by atoms with Gasteiger partial charge in [0.05, 0.1) is 5.41 Å². The first-order chi connectivity index (χ1) is 14.1. The van der Waals surface area contributed by atoms with Crippen LogP contribution in [0.15, 0.2) is 36.0 Å². The standard InChI is InChI=1S/C25H30ClNO3/c1-23(2)19-6-4-5-7-20(19)27(3)21(23)9-18(28)14-30-22(29)24-10-16-8-17(11-24)13-25(26,12-16)15-24/h4-7,9,16-17H,8,10-15H2,1-3H3. The number of benzene rings is 1. The fraction of sp³-hybridized carbons (Fsp3) is 0.600. The zero-order chi connectivity index (χ0) is 21.3. The second kappa shape index (κ2) is 6.59. The van der Waals surface area contributed by atoms with E-state index in [4.69, 9.17) is 16.3 Å². The Morgan fingerprint density at radius 3 is 2.47 bits per heavy atom. The summed E-state index contributed by atoms with van der Waals surface area (Å²) in [6.07, 6.45) is 7.33. The minimum atomic E-state index is -0.473. The summed E-state index contributed by atoms with van der Waals surface area (Å²) in [6.45, 7) is 4.04. The molecule has 30 heavy (non-hydrogen) atoms. The molecule has 160 valence electrons. The Labute approximate surface area is 183 Å². The number of alkyl halides is 1. The van der Waals surface area contributed by atoms with E-state index >= 15 is 0 Å². The van der Waals surface area contributed by atoms with Gasteiger partial charge >= 0.3 is 5.97 Å². The maximum absolute atomic E-state index is 13.1. The van der Waals surface area contributed by atoms with Crippen molar-refractivity contribution in [3.05, 3.63) is 41.6 Å². The van der Waals surface area contributed by atoms with Gasteiger partial charge in [-0.25, -0.2) is 0 Å². The van der Waals surface area contributed by atoms with E-state index in [9.17, 15) is 9.59 Å². The van der Waals surface area contributed by atoms with Crippen molar-refractivity contribution < 1.29 is 14.3 Å². The molecule has 1 aromatic carbocycles. The lowest BCUT2D eigenvalue weighted by Gasteiger charge is -2.58. The molecule has 1 heterocycles. The lowest BCUT2D eigenvalue weighted by molar-refractivity contribution is -0.171. The van der Waals surface area contributed by atoms with E-state index < -0.39 is 5.41 Å². The van der Waals surface area contributed by atoms with Gasteiger partial charge < -0.3 is 9.64 Å². The first-order valence-electron chi connectivity index (χ1n) is 11.1. The number of fused-ring (bicyclic) bond motifs is 1. The highest BCUT2D eigenvalue weighted by molar-refractivity contribution is 6.24. The predicted octanol–water partition coefficient (Wildman–Crippen LogP) is 4.99. The first kappa shape index (κ1) is 20.1. The second-order valence-electron chi connectivity index (χ2n) is 10.7. The molecule has 6 rings (SSSR count). The number of ketones is 1. The number of carbonyl (C=O) groups excluding carboxylic acids is 2. The lowest BCUT2D eigenvalue weighted by Crippen LogP contribution is -2.56. The van der Waals surface area contributed by atoms with Gasteiger partial charge in [0, 0.05) is 34.8 Å². The minimum Gasteiger partial charge on any atom is -0.457 e. The highest BCUT2D eigenvalue weighted by Crippen LogP contribution is 2.64. The minimum absolute atomic E-state index is 0.170. The average Bonchev–Trinajstić information content (AvgIpc) is 2.85. The van der Waals surface area contributed by atoms with E-state index in [1.54, 1.807) is 6.08 Å². The smallest absolute Gasteiger partial charge is 0.312 e. The summed E-state index contributed by atoms with van der Waals surface area (Å²) in [5.74, 6) is 0.674. The van der Waals surface area contributed by atoms with Crippen LogP contribution in [0.2, 0.25) is 0 Å². The Bertz CT molecular complexity index is 935. The van der Waals surface area contributed by atoms with Gasteiger partial charge in [0.15, 0.2) is 12.4 Å². The monoisotopic (exact) mass is 427 g/mol. The van der Waals surface area contributed by atoms with E-state index in [0.29, 0.717) is 18.3 Å². The van der Waals surface area contributed by atoms with Crippen molar-refractivity contribution in [3.63, 3.8) is 0 Å². The van der Waals surface area contributed by atoms with Crippen molar-refractivity contribution in [1.29, 1.82) is 0 Å². The molecule has 4 aliphatic carbocycles. The van der Waals surface area contributed by atoms with Crippen LogP contribution in [0.3, 0.4) is 0 Å². The van der Waals surface area contributed by atoms with Gasteiger partial charge in [0.2, 0.25) is 0 Å². The molecule has 4 saturated carbocycles. The maximum atomic E-state index is 13.1. The third kappa shape index (κ3) is 3.02. The van der Waals surface area contributed by atoms with Crippen molar-refractivity contribution in [2.75, 3.05) is 18.6 Å². The Kier molecular flexibility index (Phi) is 4.42. The lowest BCUT2D eigenvalue weighted by atomic mass is 9.49. The third-order valence-electron chi connectivity index (χ3n) is 8.01. The number of halogens is 1. The van der Waals surface area contributed by atoms with Gasteiger partial charge in [0.25, 0.3) is 0 Å². The Balaban J connectivity index is 1.29. The summed E-state index contributed by atoms with van der Waals surface area (Å²) < 4.78 is 5.61. The number of nitrogens with zero attached hydrogens (tertiary/aromatic N) is 1. The first-order valence-corrected chi connectivity index (χ1v) is 11.4. The highest BCUT2D eigenvalue weighted by atomic mass is 35.5. The van der Waals surface area contributed by atoms with Crippen molar-refractivity contribution in [1.82, 2.24) is 0 Å². The quantitative estimate of drug-likeness (QED) is 0.386. The molecule has 0 spiro atoms. The number of carbonyl (C=O) groups is 2. The molecule has 4 nitrogen and oxygen atoms in total. The SMILES string of the molecule is CN1C(=CC(=O)COC(=O)C23CC4CC(CC(Cl)(C4)C2)C3)C(C)(C)c2ccccc21. The van der Waals surface area contributed by atoms with Crippen LogP contribution in [0.4, 0.5) is 5.69 Å². The molecule has 0 amide bonds. The zero-order valence-electron chi connectivity index (χ0n) is 18.0. The van der Waals surface area contributed by atoms with Crippen LogP contribution < -0.4 is 4.90 Å². The summed E-state index contributed by atoms with van der Waals surface area (Å²) in [7, 11) is 1.98. The summed E-state index contributed by atoms with van der Waals surface area (Å²) in [5, 5.41) is 0. The number of hydrogen-bond acceptors (Lipinski definition) is 4. The number of likely N-dealkylation sites (N-methyl/N-ethyl adjacent to an activating group) is 1. The van der Waals surface area contributed by atoms with Crippen molar-refractivity contribution >= 4 is 29.0 Å². The Morgan fingerprint density at radius 1 is 1.17 bits per heavy atom. The normalized spacial score (nSPS) is 36.8. The number of allylic oxidation sites excluding steroid dienone is 1. The molecule has 4 fully saturated rings. The second-order valence-corrected chi connectivity index (χ2v) is 11.5. The zero-order valence-corrected chi connectivity index (χ0v) is 18.8. The van der Waals surface area contributed by atoms with Crippen molar-refractivity contribution in [3.8, 4) is 0 Å². The Hall–Kier alpha value is -1.81. The summed E-state index contributed by atoms with van der Waals surface area (Å²) >= 11 is 6.84. The third-order valence-corrected chi connectivity index (χ3v) is 8.45. The van der Waals surface area contributed by atoms with Crippen LogP contribution in [0.25, 0.3) is 0 Å². The van der Waals surface area contributed by atoms with Crippen LogP contribution in [0, 0.1) is 17.3 Å². The van der Waals surface area contributed by atoms with Crippen molar-refractivity contribution in [2.45, 2.75) is 62.7 Å². The molecule has 5 heteroatoms. The average molecular weight is 428 g/mol. The van der Waals surface area contributed by atoms with Gasteiger partial charge in [0.1, 0.15) is 0 Å². The molecule has 0 saturated heterocycles. The summed E-state index contributed by atoms with van der Waals surface area (Å²) in [4.78, 5) is 27.7. The van der Waals surface area contributed by atoms with E-state index in [0.717, 1.165) is 37.1 Å². The number of ether oxygens (including phenoxy) is 1. The predicted molar refractivity (Wildman–Crippen MR) is 118 cm³/mol. The van der Waals surface area contributed by atoms with Crippen LogP contribution >= 0.6 is 11.6 Å².